The van der Waals surface area contributed by atoms with Crippen LogP contribution in [-0.4, -0.2) is 43.2 Å². The standard InChI is InChI=1S/C18H19N5O/c24-18(15-4-6-16(7-5-15)22-12-9-19-14-22)21-10-1-3-17(13-21)23-11-2-8-20-23/h2,4-9,11-12,14,17H,1,3,10,13H2/t17-/m0/s1. The minimum absolute atomic E-state index is 0.0871. The molecule has 24 heavy (non-hydrogen) atoms. The van der Waals surface area contributed by atoms with Crippen molar-refractivity contribution in [1.82, 2.24) is 24.2 Å². The van der Waals surface area contributed by atoms with Crippen LogP contribution in [-0.2, 0) is 0 Å². The fourth-order valence-corrected chi connectivity index (χ4v) is 3.22. The van der Waals surface area contributed by atoms with Gasteiger partial charge in [-0.15, -0.1) is 0 Å². The smallest absolute Gasteiger partial charge is 0.253 e. The van der Waals surface area contributed by atoms with Gasteiger partial charge in [-0.25, -0.2) is 4.98 Å². The minimum Gasteiger partial charge on any atom is -0.337 e. The van der Waals surface area contributed by atoms with Gasteiger partial charge in [-0.05, 0) is 43.2 Å². The van der Waals surface area contributed by atoms with E-state index in [2.05, 4.69) is 10.1 Å². The molecular formula is C18H19N5O. The Morgan fingerprint density at radius 1 is 1.12 bits per heavy atom. The number of rotatable bonds is 3. The molecule has 0 radical (unpaired) electrons. The number of benzene rings is 1. The highest BCUT2D eigenvalue weighted by Crippen LogP contribution is 2.22. The maximum absolute atomic E-state index is 12.8. The number of hydrogen-bond acceptors (Lipinski definition) is 3. The minimum atomic E-state index is 0.0871. The van der Waals surface area contributed by atoms with E-state index in [9.17, 15) is 4.79 Å². The average Bonchev–Trinajstić information content (AvgIpc) is 3.35. The summed E-state index contributed by atoms with van der Waals surface area (Å²) in [5.74, 6) is 0.0871. The van der Waals surface area contributed by atoms with Gasteiger partial charge in [0.1, 0.15) is 0 Å². The van der Waals surface area contributed by atoms with Crippen LogP contribution in [0.1, 0.15) is 29.2 Å². The first kappa shape index (κ1) is 14.7. The fraction of sp³-hybridized carbons (Fsp3) is 0.278. The van der Waals surface area contributed by atoms with Crippen molar-refractivity contribution >= 4 is 5.91 Å². The van der Waals surface area contributed by atoms with Crippen molar-refractivity contribution in [2.45, 2.75) is 18.9 Å². The highest BCUT2D eigenvalue weighted by Gasteiger charge is 2.25. The largest absolute Gasteiger partial charge is 0.337 e. The molecule has 122 valence electrons. The molecule has 0 unspecified atom stereocenters. The lowest BCUT2D eigenvalue weighted by Crippen LogP contribution is -2.40. The molecule has 3 heterocycles. The van der Waals surface area contributed by atoms with Crippen molar-refractivity contribution in [1.29, 1.82) is 0 Å². The molecule has 1 aliphatic rings. The Kier molecular flexibility index (Phi) is 3.86. The molecule has 1 amide bonds. The van der Waals surface area contributed by atoms with Crippen LogP contribution in [0.3, 0.4) is 0 Å². The number of hydrogen-bond donors (Lipinski definition) is 0. The van der Waals surface area contributed by atoms with E-state index in [0.717, 1.165) is 30.6 Å². The second kappa shape index (κ2) is 6.31. The molecule has 3 aromatic rings. The van der Waals surface area contributed by atoms with Crippen molar-refractivity contribution in [3.8, 4) is 5.69 Å². The third kappa shape index (κ3) is 2.82. The molecule has 6 heteroatoms. The molecule has 0 N–H and O–H groups in total. The normalized spacial score (nSPS) is 17.8. The summed E-state index contributed by atoms with van der Waals surface area (Å²) in [5, 5.41) is 4.32. The first-order valence-corrected chi connectivity index (χ1v) is 8.18. The summed E-state index contributed by atoms with van der Waals surface area (Å²) in [5.41, 5.74) is 1.72. The van der Waals surface area contributed by atoms with Crippen molar-refractivity contribution in [2.24, 2.45) is 0 Å². The lowest BCUT2D eigenvalue weighted by atomic mass is 10.0. The third-order valence-electron chi connectivity index (χ3n) is 4.50. The summed E-state index contributed by atoms with van der Waals surface area (Å²) >= 11 is 0. The molecule has 1 atom stereocenters. The Labute approximate surface area is 140 Å². The molecule has 1 fully saturated rings. The molecule has 0 saturated carbocycles. The van der Waals surface area contributed by atoms with Gasteiger partial charge in [-0.1, -0.05) is 0 Å². The number of carbonyl (C=O) groups excluding carboxylic acids is 1. The van der Waals surface area contributed by atoms with E-state index < -0.39 is 0 Å². The molecule has 0 spiro atoms. The molecule has 1 aromatic carbocycles. The Morgan fingerprint density at radius 3 is 2.71 bits per heavy atom. The van der Waals surface area contributed by atoms with Crippen molar-refractivity contribution in [3.05, 3.63) is 67.0 Å². The van der Waals surface area contributed by atoms with Crippen LogP contribution >= 0.6 is 0 Å². The summed E-state index contributed by atoms with van der Waals surface area (Å²) in [6.45, 7) is 1.52. The predicted molar refractivity (Wildman–Crippen MR) is 90.0 cm³/mol. The van der Waals surface area contributed by atoms with Gasteiger partial charge in [0.25, 0.3) is 5.91 Å². The number of likely N-dealkylation sites (tertiary alicyclic amines) is 1. The third-order valence-corrected chi connectivity index (χ3v) is 4.50. The fourth-order valence-electron chi connectivity index (χ4n) is 3.22. The second-order valence-electron chi connectivity index (χ2n) is 6.05. The molecule has 1 saturated heterocycles. The van der Waals surface area contributed by atoms with Crippen LogP contribution in [0, 0.1) is 0 Å². The van der Waals surface area contributed by atoms with E-state index in [0.29, 0.717) is 6.54 Å². The summed E-state index contributed by atoms with van der Waals surface area (Å²) in [6.07, 6.45) is 11.2. The van der Waals surface area contributed by atoms with Gasteiger partial charge in [0.05, 0.1) is 12.4 Å². The summed E-state index contributed by atoms with van der Waals surface area (Å²) in [7, 11) is 0. The zero-order valence-corrected chi connectivity index (χ0v) is 13.3. The van der Waals surface area contributed by atoms with Crippen LogP contribution in [0.15, 0.2) is 61.4 Å². The zero-order valence-electron chi connectivity index (χ0n) is 13.3. The molecule has 2 aromatic heterocycles. The van der Waals surface area contributed by atoms with Crippen molar-refractivity contribution in [3.63, 3.8) is 0 Å². The number of carbonyl (C=O) groups is 1. The lowest BCUT2D eigenvalue weighted by molar-refractivity contribution is 0.0673. The van der Waals surface area contributed by atoms with E-state index in [1.807, 2.05) is 56.9 Å². The highest BCUT2D eigenvalue weighted by molar-refractivity contribution is 5.94. The quantitative estimate of drug-likeness (QED) is 0.745. The Bertz CT molecular complexity index is 793. The SMILES string of the molecule is O=C(c1ccc(-n2ccnc2)cc1)N1CCC[C@H](n2cccn2)C1. The van der Waals surface area contributed by atoms with E-state index in [4.69, 9.17) is 0 Å². The van der Waals surface area contributed by atoms with Gasteiger partial charge < -0.3 is 9.47 Å². The van der Waals surface area contributed by atoms with E-state index in [-0.39, 0.29) is 11.9 Å². The Morgan fingerprint density at radius 2 is 2.00 bits per heavy atom. The van der Waals surface area contributed by atoms with Crippen LogP contribution < -0.4 is 0 Å². The number of amides is 1. The van der Waals surface area contributed by atoms with Crippen LogP contribution in [0.5, 0.6) is 0 Å². The Balaban J connectivity index is 1.49. The molecule has 1 aliphatic heterocycles. The topological polar surface area (TPSA) is 56.0 Å². The summed E-state index contributed by atoms with van der Waals surface area (Å²) in [6, 6.07) is 9.86. The number of piperidine rings is 1. The average molecular weight is 321 g/mol. The molecule has 6 nitrogen and oxygen atoms in total. The highest BCUT2D eigenvalue weighted by atomic mass is 16.2. The molecule has 4 rings (SSSR count). The van der Waals surface area contributed by atoms with Gasteiger partial charge in [0.2, 0.25) is 0 Å². The predicted octanol–water partition coefficient (Wildman–Crippen LogP) is 2.55. The number of imidazole rings is 1. The van der Waals surface area contributed by atoms with E-state index in [1.54, 1.807) is 18.7 Å². The lowest BCUT2D eigenvalue weighted by Gasteiger charge is -2.33. The van der Waals surface area contributed by atoms with Crippen LogP contribution in [0.4, 0.5) is 0 Å². The molecular weight excluding hydrogens is 302 g/mol. The van der Waals surface area contributed by atoms with Gasteiger partial charge in [-0.3, -0.25) is 9.48 Å². The van der Waals surface area contributed by atoms with Crippen molar-refractivity contribution in [2.75, 3.05) is 13.1 Å². The van der Waals surface area contributed by atoms with Gasteiger partial charge in [-0.2, -0.15) is 5.10 Å². The zero-order chi connectivity index (χ0) is 16.4. The van der Waals surface area contributed by atoms with Crippen LogP contribution in [0.2, 0.25) is 0 Å². The van der Waals surface area contributed by atoms with E-state index >= 15 is 0 Å². The summed E-state index contributed by atoms with van der Waals surface area (Å²) < 4.78 is 3.88. The maximum Gasteiger partial charge on any atom is 0.253 e. The first-order chi connectivity index (χ1) is 11.8. The summed E-state index contributed by atoms with van der Waals surface area (Å²) in [4.78, 5) is 18.8. The van der Waals surface area contributed by atoms with E-state index in [1.165, 1.54) is 0 Å². The monoisotopic (exact) mass is 321 g/mol. The van der Waals surface area contributed by atoms with Gasteiger partial charge >= 0.3 is 0 Å². The second-order valence-corrected chi connectivity index (χ2v) is 6.05. The maximum atomic E-state index is 12.8. The molecule has 0 bridgehead atoms. The Hall–Kier alpha value is -2.89. The number of aromatic nitrogens is 4. The van der Waals surface area contributed by atoms with Gasteiger partial charge in [0, 0.05) is 49.1 Å². The first-order valence-electron chi connectivity index (χ1n) is 8.18. The number of nitrogens with zero attached hydrogens (tertiary/aromatic N) is 5. The van der Waals surface area contributed by atoms with Gasteiger partial charge in [0.15, 0.2) is 0 Å². The van der Waals surface area contributed by atoms with Crippen LogP contribution in [0.25, 0.3) is 5.69 Å². The molecule has 0 aliphatic carbocycles. The van der Waals surface area contributed by atoms with Crippen molar-refractivity contribution < 1.29 is 4.79 Å².